The maximum Gasteiger partial charge on any atom is 0.127 e. The molecule has 2 heterocycles. The van der Waals surface area contributed by atoms with Crippen molar-refractivity contribution in [3.05, 3.63) is 24.9 Å². The highest BCUT2D eigenvalue weighted by Gasteiger charge is 1.92. The van der Waals surface area contributed by atoms with Crippen molar-refractivity contribution >= 4 is 11.0 Å². The fourth-order valence-electron chi connectivity index (χ4n) is 0.704. The SMILES string of the molecule is c1cnc2cocc2n1. The molecular weight excluding hydrogens is 116 g/mol. The van der Waals surface area contributed by atoms with E-state index in [1.54, 1.807) is 24.9 Å². The topological polar surface area (TPSA) is 38.9 Å². The Hall–Kier alpha value is -1.38. The quantitative estimate of drug-likeness (QED) is 0.524. The van der Waals surface area contributed by atoms with Crippen LogP contribution in [0.1, 0.15) is 0 Å². The van der Waals surface area contributed by atoms with Gasteiger partial charge in [-0.1, -0.05) is 0 Å². The lowest BCUT2D eigenvalue weighted by atomic mass is 10.5. The van der Waals surface area contributed by atoms with E-state index in [1.165, 1.54) is 0 Å². The molecule has 0 aliphatic heterocycles. The number of rotatable bonds is 0. The molecule has 0 saturated carbocycles. The van der Waals surface area contributed by atoms with Gasteiger partial charge in [-0.2, -0.15) is 0 Å². The van der Waals surface area contributed by atoms with Crippen molar-refractivity contribution in [2.24, 2.45) is 0 Å². The third-order valence-electron chi connectivity index (χ3n) is 1.12. The largest absolute Gasteiger partial charge is 0.468 e. The number of nitrogens with zero attached hydrogens (tertiary/aromatic N) is 2. The molecule has 0 atom stereocenters. The number of furan rings is 1. The maximum absolute atomic E-state index is 4.84. The Kier molecular flexibility index (Phi) is 0.773. The van der Waals surface area contributed by atoms with Gasteiger partial charge in [0, 0.05) is 12.4 Å². The van der Waals surface area contributed by atoms with Gasteiger partial charge in [0.25, 0.3) is 0 Å². The molecule has 0 aliphatic rings. The molecule has 0 bridgehead atoms. The van der Waals surface area contributed by atoms with Crippen LogP contribution in [0.5, 0.6) is 0 Å². The van der Waals surface area contributed by atoms with E-state index in [0.29, 0.717) is 0 Å². The molecule has 2 aromatic rings. The predicted octanol–water partition coefficient (Wildman–Crippen LogP) is 1.22. The molecule has 0 aromatic carbocycles. The summed E-state index contributed by atoms with van der Waals surface area (Å²) in [6.45, 7) is 0. The second-order valence-corrected chi connectivity index (χ2v) is 1.70. The van der Waals surface area contributed by atoms with Gasteiger partial charge in [0.15, 0.2) is 0 Å². The van der Waals surface area contributed by atoms with E-state index >= 15 is 0 Å². The summed E-state index contributed by atoms with van der Waals surface area (Å²) in [5.74, 6) is 0. The number of fused-ring (bicyclic) bond motifs is 1. The number of hydrogen-bond acceptors (Lipinski definition) is 3. The summed E-state index contributed by atoms with van der Waals surface area (Å²) in [5.41, 5.74) is 1.61. The van der Waals surface area contributed by atoms with Gasteiger partial charge >= 0.3 is 0 Å². The zero-order valence-corrected chi connectivity index (χ0v) is 4.61. The summed E-state index contributed by atoms with van der Waals surface area (Å²) in [4.78, 5) is 7.97. The first-order chi connectivity index (χ1) is 4.47. The summed E-state index contributed by atoms with van der Waals surface area (Å²) in [6.07, 6.45) is 6.42. The van der Waals surface area contributed by atoms with E-state index in [4.69, 9.17) is 4.42 Å². The molecule has 2 rings (SSSR count). The van der Waals surface area contributed by atoms with E-state index in [9.17, 15) is 0 Å². The first kappa shape index (κ1) is 4.49. The third-order valence-corrected chi connectivity index (χ3v) is 1.12. The van der Waals surface area contributed by atoms with Crippen molar-refractivity contribution in [2.75, 3.05) is 0 Å². The molecular formula is C6H4N2O. The van der Waals surface area contributed by atoms with E-state index < -0.39 is 0 Å². The van der Waals surface area contributed by atoms with Gasteiger partial charge in [-0.25, -0.2) is 9.97 Å². The van der Waals surface area contributed by atoms with Gasteiger partial charge in [0.2, 0.25) is 0 Å². The Morgan fingerprint density at radius 1 is 1.00 bits per heavy atom. The second-order valence-electron chi connectivity index (χ2n) is 1.70. The summed E-state index contributed by atoms with van der Waals surface area (Å²) >= 11 is 0. The molecule has 9 heavy (non-hydrogen) atoms. The normalized spacial score (nSPS) is 10.2. The van der Waals surface area contributed by atoms with Crippen LogP contribution in [-0.2, 0) is 0 Å². The lowest BCUT2D eigenvalue weighted by molar-refractivity contribution is 0.571. The van der Waals surface area contributed by atoms with Gasteiger partial charge < -0.3 is 4.42 Å². The predicted molar refractivity (Wildman–Crippen MR) is 31.8 cm³/mol. The molecule has 0 N–H and O–H groups in total. The molecule has 3 nitrogen and oxygen atoms in total. The molecule has 0 fully saturated rings. The van der Waals surface area contributed by atoms with Crippen molar-refractivity contribution in [3.63, 3.8) is 0 Å². The van der Waals surface area contributed by atoms with Crippen molar-refractivity contribution in [1.82, 2.24) is 9.97 Å². The second kappa shape index (κ2) is 1.55. The lowest BCUT2D eigenvalue weighted by Crippen LogP contribution is -1.73. The van der Waals surface area contributed by atoms with Gasteiger partial charge in [-0.05, 0) is 0 Å². The Morgan fingerprint density at radius 2 is 1.56 bits per heavy atom. The average Bonchev–Trinajstić information content (AvgIpc) is 2.33. The van der Waals surface area contributed by atoms with Gasteiger partial charge in [0.1, 0.15) is 23.6 Å². The van der Waals surface area contributed by atoms with Crippen molar-refractivity contribution < 1.29 is 4.42 Å². The summed E-state index contributed by atoms with van der Waals surface area (Å²) in [7, 11) is 0. The molecule has 3 heteroatoms. The Morgan fingerprint density at radius 3 is 2.11 bits per heavy atom. The monoisotopic (exact) mass is 120 g/mol. The van der Waals surface area contributed by atoms with Gasteiger partial charge in [0.05, 0.1) is 0 Å². The van der Waals surface area contributed by atoms with Crippen LogP contribution in [0, 0.1) is 0 Å². The molecule has 0 aliphatic carbocycles. The fraction of sp³-hybridized carbons (Fsp3) is 0. The standard InChI is InChI=1S/C6H4N2O/c1-2-8-6-4-9-3-5(6)7-1/h1-4H. The van der Waals surface area contributed by atoms with Gasteiger partial charge in [-0.3, -0.25) is 0 Å². The van der Waals surface area contributed by atoms with Crippen LogP contribution in [-0.4, -0.2) is 9.97 Å². The van der Waals surface area contributed by atoms with Crippen LogP contribution in [0.25, 0.3) is 11.0 Å². The van der Waals surface area contributed by atoms with Crippen LogP contribution in [0.2, 0.25) is 0 Å². The zero-order chi connectivity index (χ0) is 6.10. The molecule has 2 aromatic heterocycles. The zero-order valence-electron chi connectivity index (χ0n) is 4.61. The Labute approximate surface area is 51.3 Å². The number of hydrogen-bond donors (Lipinski definition) is 0. The summed E-state index contributed by atoms with van der Waals surface area (Å²) < 4.78 is 4.84. The van der Waals surface area contributed by atoms with Gasteiger partial charge in [-0.15, -0.1) is 0 Å². The van der Waals surface area contributed by atoms with Crippen LogP contribution in [0.15, 0.2) is 29.3 Å². The van der Waals surface area contributed by atoms with Crippen LogP contribution < -0.4 is 0 Å². The Balaban J connectivity index is 2.95. The van der Waals surface area contributed by atoms with Crippen molar-refractivity contribution in [2.45, 2.75) is 0 Å². The lowest BCUT2D eigenvalue weighted by Gasteiger charge is -1.79. The minimum Gasteiger partial charge on any atom is -0.468 e. The van der Waals surface area contributed by atoms with Crippen LogP contribution >= 0.6 is 0 Å². The van der Waals surface area contributed by atoms with Crippen molar-refractivity contribution in [1.29, 1.82) is 0 Å². The smallest absolute Gasteiger partial charge is 0.127 e. The first-order valence-corrected chi connectivity index (χ1v) is 2.60. The molecule has 44 valence electrons. The van der Waals surface area contributed by atoms with Crippen molar-refractivity contribution in [3.8, 4) is 0 Å². The fourth-order valence-corrected chi connectivity index (χ4v) is 0.704. The summed E-state index contributed by atoms with van der Waals surface area (Å²) in [5, 5.41) is 0. The average molecular weight is 120 g/mol. The highest BCUT2D eigenvalue weighted by molar-refractivity contribution is 5.71. The minimum absolute atomic E-state index is 0.803. The van der Waals surface area contributed by atoms with E-state index in [1.807, 2.05) is 0 Å². The van der Waals surface area contributed by atoms with E-state index in [-0.39, 0.29) is 0 Å². The number of aromatic nitrogens is 2. The van der Waals surface area contributed by atoms with Crippen LogP contribution in [0.4, 0.5) is 0 Å². The highest BCUT2D eigenvalue weighted by atomic mass is 16.3. The summed E-state index contributed by atoms with van der Waals surface area (Å²) in [6, 6.07) is 0. The third kappa shape index (κ3) is 0.579. The molecule has 0 unspecified atom stereocenters. The van der Waals surface area contributed by atoms with E-state index in [0.717, 1.165) is 11.0 Å². The molecule has 0 saturated heterocycles. The molecule has 0 spiro atoms. The molecule has 0 amide bonds. The molecule has 0 radical (unpaired) electrons. The van der Waals surface area contributed by atoms with E-state index in [2.05, 4.69) is 9.97 Å². The minimum atomic E-state index is 0.803. The maximum atomic E-state index is 4.84. The highest BCUT2D eigenvalue weighted by Crippen LogP contribution is 2.06. The van der Waals surface area contributed by atoms with Crippen LogP contribution in [0.3, 0.4) is 0 Å². The first-order valence-electron chi connectivity index (χ1n) is 2.60. The Bertz CT molecular complexity index is 285.